The summed E-state index contributed by atoms with van der Waals surface area (Å²) in [6.07, 6.45) is 19.7. The predicted molar refractivity (Wildman–Crippen MR) is 240 cm³/mol. The maximum Gasteiger partial charge on any atom is 0.0724 e. The van der Waals surface area contributed by atoms with E-state index in [1.807, 2.05) is 37.2 Å². The molecule has 58 heavy (non-hydrogen) atoms. The van der Waals surface area contributed by atoms with E-state index in [9.17, 15) is 0 Å². The minimum Gasteiger partial charge on any atom is -0.314 e. The SMILES string of the molecule is C=C(/C=C\C=C\n1c2ccccc2c2ccncc21)N(c1cccc(-n2c3ccccc3c3ccncc32)c1)c1cccc(-n2c3ccccc3c3ccncc32)c1. The van der Waals surface area contributed by atoms with Gasteiger partial charge in [0, 0.05) is 85.6 Å². The van der Waals surface area contributed by atoms with Crippen LogP contribution in [0.4, 0.5) is 11.4 Å². The predicted octanol–water partition coefficient (Wildman–Crippen LogP) is 12.6. The highest BCUT2D eigenvalue weighted by atomic mass is 15.2. The van der Waals surface area contributed by atoms with Gasteiger partial charge in [-0.15, -0.1) is 0 Å². The van der Waals surface area contributed by atoms with Crippen molar-refractivity contribution in [3.63, 3.8) is 0 Å². The van der Waals surface area contributed by atoms with Crippen molar-refractivity contribution in [3.05, 3.63) is 207 Å². The lowest BCUT2D eigenvalue weighted by Gasteiger charge is -2.27. The zero-order valence-electron chi connectivity index (χ0n) is 31.4. The smallest absolute Gasteiger partial charge is 0.0724 e. The number of rotatable bonds is 8. The Kier molecular flexibility index (Phi) is 7.82. The van der Waals surface area contributed by atoms with Crippen molar-refractivity contribution in [3.8, 4) is 11.4 Å². The van der Waals surface area contributed by atoms with Crippen LogP contribution in [0.3, 0.4) is 0 Å². The number of hydrogen-bond donors (Lipinski definition) is 0. The summed E-state index contributed by atoms with van der Waals surface area (Å²) in [5.74, 6) is 0. The van der Waals surface area contributed by atoms with E-state index in [0.717, 1.165) is 61.5 Å². The molecular weight excluding hydrogens is 711 g/mol. The van der Waals surface area contributed by atoms with Crippen molar-refractivity contribution in [2.75, 3.05) is 4.90 Å². The van der Waals surface area contributed by atoms with Crippen LogP contribution in [0.5, 0.6) is 0 Å². The van der Waals surface area contributed by atoms with Gasteiger partial charge < -0.3 is 18.6 Å². The zero-order chi connectivity index (χ0) is 38.6. The van der Waals surface area contributed by atoms with E-state index >= 15 is 0 Å². The van der Waals surface area contributed by atoms with E-state index in [-0.39, 0.29) is 0 Å². The first kappa shape index (κ1) is 33.3. The number of nitrogens with zero attached hydrogens (tertiary/aromatic N) is 7. The molecule has 7 heteroatoms. The van der Waals surface area contributed by atoms with Crippen LogP contribution in [0.2, 0.25) is 0 Å². The normalized spacial score (nSPS) is 12.1. The number of aromatic nitrogens is 6. The van der Waals surface area contributed by atoms with Gasteiger partial charge in [0.2, 0.25) is 0 Å². The molecule has 6 heterocycles. The fourth-order valence-electron chi connectivity index (χ4n) is 8.60. The van der Waals surface area contributed by atoms with Crippen molar-refractivity contribution in [2.24, 2.45) is 0 Å². The Morgan fingerprint density at radius 3 is 1.45 bits per heavy atom. The first-order chi connectivity index (χ1) is 28.7. The Bertz CT molecular complexity index is 3130. The Balaban J connectivity index is 1.05. The average molecular weight is 746 g/mol. The quantitative estimate of drug-likeness (QED) is 0.145. The fourth-order valence-corrected chi connectivity index (χ4v) is 8.60. The molecule has 0 radical (unpaired) electrons. The molecule has 0 unspecified atom stereocenters. The fraction of sp³-hybridized carbons (Fsp3) is 0. The molecule has 0 aliphatic heterocycles. The second kappa shape index (κ2) is 13.6. The summed E-state index contributed by atoms with van der Waals surface area (Å²) in [5, 5.41) is 7.08. The van der Waals surface area contributed by atoms with E-state index in [0.29, 0.717) is 0 Å². The molecular formula is C51H35N7. The molecule has 0 saturated heterocycles. The monoisotopic (exact) mass is 745 g/mol. The van der Waals surface area contributed by atoms with Crippen molar-refractivity contribution in [2.45, 2.75) is 0 Å². The molecule has 0 atom stereocenters. The molecule has 0 spiro atoms. The molecule has 0 N–H and O–H groups in total. The van der Waals surface area contributed by atoms with Crippen LogP contribution in [0.15, 0.2) is 207 Å². The van der Waals surface area contributed by atoms with E-state index in [1.165, 1.54) is 32.3 Å². The van der Waals surface area contributed by atoms with E-state index in [1.54, 1.807) is 0 Å². The number of para-hydroxylation sites is 3. The third kappa shape index (κ3) is 5.33. The molecule has 0 fully saturated rings. The van der Waals surface area contributed by atoms with Gasteiger partial charge >= 0.3 is 0 Å². The van der Waals surface area contributed by atoms with Gasteiger partial charge in [0.15, 0.2) is 0 Å². The lowest BCUT2D eigenvalue weighted by molar-refractivity contribution is 1.14. The summed E-state index contributed by atoms with van der Waals surface area (Å²) in [6.45, 7) is 4.68. The van der Waals surface area contributed by atoms with Crippen molar-refractivity contribution in [1.82, 2.24) is 28.7 Å². The van der Waals surface area contributed by atoms with E-state index in [4.69, 9.17) is 0 Å². The van der Waals surface area contributed by atoms with Gasteiger partial charge in [-0.1, -0.05) is 79.4 Å². The molecule has 0 aliphatic carbocycles. The van der Waals surface area contributed by atoms with Crippen molar-refractivity contribution >= 4 is 83.0 Å². The standard InChI is InChI=1S/C51H35N7/c1-35(12-8-9-29-55-46-20-5-2-17-40(46)43-23-26-52-32-49(43)55)56(36-13-10-15-38(30-36)57-47-21-6-3-18-41(47)44-24-27-53-33-50(44)57)37-14-11-16-39(31-37)58-48-22-7-4-19-42(48)45-25-28-54-34-51(45)58/h2-34H,1H2/b12-8-,29-9+. The molecule has 0 bridgehead atoms. The summed E-state index contributed by atoms with van der Waals surface area (Å²) in [6, 6.07) is 49.1. The summed E-state index contributed by atoms with van der Waals surface area (Å²) < 4.78 is 6.78. The topological polar surface area (TPSA) is 56.7 Å². The lowest BCUT2D eigenvalue weighted by Crippen LogP contribution is -2.15. The maximum absolute atomic E-state index is 4.68. The molecule has 274 valence electrons. The molecule has 11 rings (SSSR count). The van der Waals surface area contributed by atoms with Gasteiger partial charge in [-0.2, -0.15) is 0 Å². The van der Waals surface area contributed by atoms with Crippen molar-refractivity contribution in [1.29, 1.82) is 0 Å². The van der Waals surface area contributed by atoms with Crippen LogP contribution < -0.4 is 4.90 Å². The van der Waals surface area contributed by atoms with Crippen LogP contribution >= 0.6 is 0 Å². The summed E-state index contributed by atoms with van der Waals surface area (Å²) >= 11 is 0. The third-order valence-corrected chi connectivity index (χ3v) is 11.1. The summed E-state index contributed by atoms with van der Waals surface area (Å²) in [4.78, 5) is 15.7. The first-order valence-electron chi connectivity index (χ1n) is 19.3. The van der Waals surface area contributed by atoms with Crippen LogP contribution in [0, 0.1) is 0 Å². The number of benzene rings is 5. The first-order valence-corrected chi connectivity index (χ1v) is 19.3. The van der Waals surface area contributed by atoms with Crippen molar-refractivity contribution < 1.29 is 0 Å². The Morgan fingerprint density at radius 2 is 0.897 bits per heavy atom. The molecule has 0 saturated carbocycles. The molecule has 7 nitrogen and oxygen atoms in total. The van der Waals surface area contributed by atoms with E-state index < -0.39 is 0 Å². The highest BCUT2D eigenvalue weighted by Gasteiger charge is 2.18. The van der Waals surface area contributed by atoms with Crippen LogP contribution in [-0.2, 0) is 0 Å². The molecule has 11 aromatic rings. The number of hydrogen-bond acceptors (Lipinski definition) is 4. The molecule has 0 amide bonds. The second-order valence-electron chi connectivity index (χ2n) is 14.3. The molecule has 0 aliphatic rings. The van der Waals surface area contributed by atoms with Gasteiger partial charge in [0.05, 0.1) is 51.7 Å². The highest BCUT2D eigenvalue weighted by molar-refractivity contribution is 6.11. The summed E-state index contributed by atoms with van der Waals surface area (Å²) in [5.41, 5.74) is 11.4. The Morgan fingerprint density at radius 1 is 0.448 bits per heavy atom. The minimum atomic E-state index is 0.801. The third-order valence-electron chi connectivity index (χ3n) is 11.1. The van der Waals surface area contributed by atoms with E-state index in [2.05, 4.69) is 204 Å². The summed E-state index contributed by atoms with van der Waals surface area (Å²) in [7, 11) is 0. The Hall–Kier alpha value is -8.03. The van der Waals surface area contributed by atoms with Gasteiger partial charge in [-0.25, -0.2) is 0 Å². The lowest BCUT2D eigenvalue weighted by atomic mass is 10.1. The molecule has 6 aromatic heterocycles. The number of anilines is 2. The largest absolute Gasteiger partial charge is 0.314 e. The van der Waals surface area contributed by atoms with Crippen LogP contribution in [0.1, 0.15) is 0 Å². The average Bonchev–Trinajstić information content (AvgIpc) is 3.91. The Labute approximate surface area is 334 Å². The van der Waals surface area contributed by atoms with Gasteiger partial charge in [-0.3, -0.25) is 15.0 Å². The van der Waals surface area contributed by atoms with Gasteiger partial charge in [0.1, 0.15) is 0 Å². The maximum atomic E-state index is 4.68. The molecule has 5 aromatic carbocycles. The number of allylic oxidation sites excluding steroid dienone is 3. The van der Waals surface area contributed by atoms with Crippen LogP contribution in [0.25, 0.3) is 83.0 Å². The number of pyridine rings is 3. The highest BCUT2D eigenvalue weighted by Crippen LogP contribution is 2.38. The van der Waals surface area contributed by atoms with Gasteiger partial charge in [-0.05, 0) is 84.9 Å². The van der Waals surface area contributed by atoms with Gasteiger partial charge in [0.25, 0.3) is 0 Å². The minimum absolute atomic E-state index is 0.801. The van der Waals surface area contributed by atoms with Crippen LogP contribution in [-0.4, -0.2) is 28.7 Å². The zero-order valence-corrected chi connectivity index (χ0v) is 31.4. The number of fused-ring (bicyclic) bond motifs is 9. The second-order valence-corrected chi connectivity index (χ2v) is 14.3.